The molecule has 2 fully saturated rings. The molecule has 0 spiro atoms. The Bertz CT molecular complexity index is 256. The van der Waals surface area contributed by atoms with Crippen molar-refractivity contribution in [1.82, 2.24) is 10.6 Å². The summed E-state index contributed by atoms with van der Waals surface area (Å²) in [6.07, 6.45) is 20.8. The minimum absolute atomic E-state index is 0.785. The molecule has 22 heavy (non-hydrogen) atoms. The molecule has 2 unspecified atom stereocenters. The summed E-state index contributed by atoms with van der Waals surface area (Å²) in [7, 11) is 2.05. The van der Waals surface area contributed by atoms with Gasteiger partial charge in [0.2, 0.25) is 0 Å². The van der Waals surface area contributed by atoms with E-state index in [-0.39, 0.29) is 0 Å². The molecule has 2 rings (SSSR count). The minimum Gasteiger partial charge on any atom is -0.318 e. The van der Waals surface area contributed by atoms with E-state index in [0.717, 1.165) is 31.0 Å². The van der Waals surface area contributed by atoms with Gasteiger partial charge in [0.15, 0.2) is 0 Å². The Labute approximate surface area is 139 Å². The Morgan fingerprint density at radius 2 is 1.14 bits per heavy atom. The summed E-state index contributed by atoms with van der Waals surface area (Å²) in [4.78, 5) is 0. The van der Waals surface area contributed by atoms with Crippen LogP contribution in [0.2, 0.25) is 0 Å². The topological polar surface area (TPSA) is 24.1 Å². The molecule has 0 bridgehead atoms. The lowest BCUT2D eigenvalue weighted by atomic mass is 9.76. The fourth-order valence-electron chi connectivity index (χ4n) is 4.71. The summed E-state index contributed by atoms with van der Waals surface area (Å²) >= 11 is 0. The summed E-state index contributed by atoms with van der Waals surface area (Å²) in [6, 6.07) is 0.785. The molecule has 2 nitrogen and oxygen atoms in total. The highest BCUT2D eigenvalue weighted by Gasteiger charge is 2.24. The predicted octanol–water partition coefficient (Wildman–Crippen LogP) is 4.89. The van der Waals surface area contributed by atoms with Gasteiger partial charge in [-0.05, 0) is 38.1 Å². The van der Waals surface area contributed by atoms with Gasteiger partial charge in [-0.25, -0.2) is 0 Å². The van der Waals surface area contributed by atoms with Crippen LogP contribution in [0.5, 0.6) is 0 Å². The second-order valence-electron chi connectivity index (χ2n) is 7.84. The summed E-state index contributed by atoms with van der Waals surface area (Å²) in [6.45, 7) is 2.23. The van der Waals surface area contributed by atoms with Gasteiger partial charge in [-0.1, -0.05) is 70.6 Å². The Morgan fingerprint density at radius 3 is 1.82 bits per heavy atom. The summed E-state index contributed by atoms with van der Waals surface area (Å²) < 4.78 is 0. The van der Waals surface area contributed by atoms with E-state index >= 15 is 0 Å². The van der Waals surface area contributed by atoms with Crippen LogP contribution in [-0.2, 0) is 0 Å². The van der Waals surface area contributed by atoms with Crippen LogP contribution in [0.25, 0.3) is 0 Å². The molecule has 0 radical (unpaired) electrons. The third-order valence-electron chi connectivity index (χ3n) is 6.14. The molecular weight excluding hydrogens is 268 g/mol. The minimum atomic E-state index is 0.785. The average Bonchev–Trinajstić information content (AvgIpc) is 2.64. The van der Waals surface area contributed by atoms with Crippen LogP contribution in [-0.4, -0.2) is 26.2 Å². The van der Waals surface area contributed by atoms with Crippen molar-refractivity contribution < 1.29 is 0 Å². The lowest BCUT2D eigenvalue weighted by Crippen LogP contribution is -2.35. The molecule has 130 valence electrons. The number of nitrogens with one attached hydrogen (secondary N) is 2. The summed E-state index contributed by atoms with van der Waals surface area (Å²) in [5.41, 5.74) is 0. The van der Waals surface area contributed by atoms with Crippen molar-refractivity contribution in [3.8, 4) is 0 Å². The van der Waals surface area contributed by atoms with Crippen molar-refractivity contribution in [3.63, 3.8) is 0 Å². The molecule has 2 aliphatic rings. The maximum Gasteiger partial charge on any atom is 0.00792 e. The first-order valence-corrected chi connectivity index (χ1v) is 10.3. The smallest absolute Gasteiger partial charge is 0.00792 e. The normalized spacial score (nSPS) is 29.9. The van der Waals surface area contributed by atoms with Crippen molar-refractivity contribution in [3.05, 3.63) is 0 Å². The van der Waals surface area contributed by atoms with Gasteiger partial charge < -0.3 is 10.6 Å². The SMILES string of the molecule is CNCCNC1CCCCC(C2CCCCCCCC2)CC1. The van der Waals surface area contributed by atoms with Gasteiger partial charge in [-0.3, -0.25) is 0 Å². The van der Waals surface area contributed by atoms with E-state index in [1.54, 1.807) is 0 Å². The highest BCUT2D eigenvalue weighted by atomic mass is 14.9. The maximum atomic E-state index is 3.78. The van der Waals surface area contributed by atoms with Gasteiger partial charge in [0.25, 0.3) is 0 Å². The van der Waals surface area contributed by atoms with Gasteiger partial charge in [0.05, 0.1) is 0 Å². The van der Waals surface area contributed by atoms with Crippen LogP contribution in [0.1, 0.15) is 89.9 Å². The molecule has 0 heterocycles. The van der Waals surface area contributed by atoms with Gasteiger partial charge in [0, 0.05) is 19.1 Å². The largest absolute Gasteiger partial charge is 0.318 e. The highest BCUT2D eigenvalue weighted by molar-refractivity contribution is 4.78. The zero-order chi connectivity index (χ0) is 15.5. The van der Waals surface area contributed by atoms with Crippen LogP contribution in [0.4, 0.5) is 0 Å². The van der Waals surface area contributed by atoms with E-state index in [1.807, 2.05) is 7.05 Å². The molecule has 0 aromatic heterocycles. The van der Waals surface area contributed by atoms with E-state index in [0.29, 0.717) is 0 Å². The first-order valence-electron chi connectivity index (χ1n) is 10.3. The highest BCUT2D eigenvalue weighted by Crippen LogP contribution is 2.35. The zero-order valence-corrected chi connectivity index (χ0v) is 15.0. The number of rotatable bonds is 5. The Morgan fingerprint density at radius 1 is 0.591 bits per heavy atom. The Kier molecular flexibility index (Phi) is 9.51. The number of hydrogen-bond donors (Lipinski definition) is 2. The Balaban J connectivity index is 1.78. The second-order valence-corrected chi connectivity index (χ2v) is 7.84. The van der Waals surface area contributed by atoms with E-state index in [1.165, 1.54) is 89.9 Å². The molecule has 2 saturated carbocycles. The molecule has 0 aromatic carbocycles. The van der Waals surface area contributed by atoms with Crippen LogP contribution < -0.4 is 10.6 Å². The van der Waals surface area contributed by atoms with Gasteiger partial charge in [-0.2, -0.15) is 0 Å². The van der Waals surface area contributed by atoms with E-state index in [4.69, 9.17) is 0 Å². The molecule has 2 N–H and O–H groups in total. The van der Waals surface area contributed by atoms with Crippen LogP contribution in [0, 0.1) is 11.8 Å². The van der Waals surface area contributed by atoms with Crippen molar-refractivity contribution in [1.29, 1.82) is 0 Å². The fourth-order valence-corrected chi connectivity index (χ4v) is 4.71. The standard InChI is InChI=1S/C20H40N2/c1-21-16-17-22-20-13-9-8-12-19(14-15-20)18-10-6-4-2-3-5-7-11-18/h18-22H,2-17H2,1H3. The van der Waals surface area contributed by atoms with E-state index in [2.05, 4.69) is 10.6 Å². The lowest BCUT2D eigenvalue weighted by molar-refractivity contribution is 0.219. The van der Waals surface area contributed by atoms with Crippen molar-refractivity contribution >= 4 is 0 Å². The van der Waals surface area contributed by atoms with Gasteiger partial charge >= 0.3 is 0 Å². The number of likely N-dealkylation sites (N-methyl/N-ethyl adjacent to an activating group) is 1. The van der Waals surface area contributed by atoms with Crippen molar-refractivity contribution in [2.45, 2.75) is 95.9 Å². The predicted molar refractivity (Wildman–Crippen MR) is 97.3 cm³/mol. The third kappa shape index (κ3) is 7.00. The summed E-state index contributed by atoms with van der Waals surface area (Å²) in [5, 5.41) is 7.04. The van der Waals surface area contributed by atoms with Crippen LogP contribution in [0.3, 0.4) is 0 Å². The Hall–Kier alpha value is -0.0800. The summed E-state index contributed by atoms with van der Waals surface area (Å²) in [5.74, 6) is 2.08. The monoisotopic (exact) mass is 308 g/mol. The molecule has 0 aliphatic heterocycles. The van der Waals surface area contributed by atoms with Crippen molar-refractivity contribution in [2.75, 3.05) is 20.1 Å². The molecule has 2 aliphatic carbocycles. The zero-order valence-electron chi connectivity index (χ0n) is 15.0. The first kappa shape index (κ1) is 18.3. The molecule has 0 aromatic rings. The van der Waals surface area contributed by atoms with Gasteiger partial charge in [-0.15, -0.1) is 0 Å². The number of hydrogen-bond acceptors (Lipinski definition) is 2. The van der Waals surface area contributed by atoms with Gasteiger partial charge in [0.1, 0.15) is 0 Å². The molecular formula is C20H40N2. The van der Waals surface area contributed by atoms with Crippen molar-refractivity contribution in [2.24, 2.45) is 11.8 Å². The molecule has 0 amide bonds. The third-order valence-corrected chi connectivity index (χ3v) is 6.14. The molecule has 0 saturated heterocycles. The second kappa shape index (κ2) is 11.5. The molecule has 2 heteroatoms. The van der Waals surface area contributed by atoms with E-state index in [9.17, 15) is 0 Å². The lowest BCUT2D eigenvalue weighted by Gasteiger charge is -2.31. The maximum absolute atomic E-state index is 3.78. The molecule has 2 atom stereocenters. The fraction of sp³-hybridized carbons (Fsp3) is 1.00. The van der Waals surface area contributed by atoms with E-state index < -0.39 is 0 Å². The average molecular weight is 309 g/mol. The van der Waals surface area contributed by atoms with Crippen LogP contribution in [0.15, 0.2) is 0 Å². The quantitative estimate of drug-likeness (QED) is 0.707. The first-order chi connectivity index (χ1) is 10.9. The van der Waals surface area contributed by atoms with Crippen LogP contribution >= 0.6 is 0 Å².